The Morgan fingerprint density at radius 3 is 3.00 bits per heavy atom. The second kappa shape index (κ2) is 3.87. The zero-order chi connectivity index (χ0) is 9.03. The van der Waals surface area contributed by atoms with E-state index in [1.807, 2.05) is 6.92 Å². The summed E-state index contributed by atoms with van der Waals surface area (Å²) in [7, 11) is 0. The van der Waals surface area contributed by atoms with Gasteiger partial charge in [0, 0.05) is 13.1 Å². The van der Waals surface area contributed by atoms with E-state index in [4.69, 9.17) is 0 Å². The molecule has 1 aliphatic heterocycles. The number of likely N-dealkylation sites (N-methyl/N-ethyl adjacent to an activating group) is 1. The van der Waals surface area contributed by atoms with Crippen LogP contribution in [0.15, 0.2) is 0 Å². The molecule has 0 aliphatic carbocycles. The second-order valence-electron chi connectivity index (χ2n) is 3.17. The lowest BCUT2D eigenvalue weighted by atomic mass is 9.93. The fourth-order valence-corrected chi connectivity index (χ4v) is 1.41. The number of carbonyl (C=O) groups excluding carboxylic acids is 1. The van der Waals surface area contributed by atoms with Gasteiger partial charge in [0.1, 0.15) is 0 Å². The summed E-state index contributed by atoms with van der Waals surface area (Å²) in [4.78, 5) is 11.3. The van der Waals surface area contributed by atoms with Crippen molar-refractivity contribution in [1.29, 1.82) is 0 Å². The predicted molar refractivity (Wildman–Crippen MR) is 45.7 cm³/mol. The van der Waals surface area contributed by atoms with E-state index in [1.165, 1.54) is 0 Å². The molecule has 1 atom stereocenters. The molecule has 1 fully saturated rings. The minimum absolute atomic E-state index is 0.253. The van der Waals surface area contributed by atoms with Crippen LogP contribution in [0.4, 0.5) is 0 Å². The number of hydrogen-bond donors (Lipinski definition) is 3. The van der Waals surface area contributed by atoms with Crippen molar-refractivity contribution < 1.29 is 9.90 Å². The van der Waals surface area contributed by atoms with Crippen molar-refractivity contribution in [1.82, 2.24) is 10.6 Å². The highest BCUT2D eigenvalue weighted by Crippen LogP contribution is 2.15. The van der Waals surface area contributed by atoms with E-state index in [0.29, 0.717) is 19.5 Å². The number of amides is 1. The number of β-amino-alcohol motifs (C(OH)–C–C–N with tert-alkyl or cyclic N) is 1. The SMILES string of the molecule is CCNC(=O)C1(O)CCCNC1. The van der Waals surface area contributed by atoms with E-state index < -0.39 is 5.60 Å². The van der Waals surface area contributed by atoms with Gasteiger partial charge >= 0.3 is 0 Å². The Kier molecular flexibility index (Phi) is 3.05. The molecule has 1 rings (SSSR count). The highest BCUT2D eigenvalue weighted by Gasteiger charge is 2.36. The Hall–Kier alpha value is -0.610. The van der Waals surface area contributed by atoms with Gasteiger partial charge in [-0.2, -0.15) is 0 Å². The van der Waals surface area contributed by atoms with Gasteiger partial charge in [0.2, 0.25) is 0 Å². The number of aliphatic hydroxyl groups is 1. The number of carbonyl (C=O) groups is 1. The maximum atomic E-state index is 11.3. The highest BCUT2D eigenvalue weighted by molar-refractivity contribution is 5.85. The predicted octanol–water partition coefficient (Wildman–Crippen LogP) is -0.763. The molecule has 70 valence electrons. The summed E-state index contributed by atoms with van der Waals surface area (Å²) in [6, 6.07) is 0. The van der Waals surface area contributed by atoms with Crippen molar-refractivity contribution in [3.8, 4) is 0 Å². The van der Waals surface area contributed by atoms with Gasteiger partial charge in [-0.15, -0.1) is 0 Å². The first-order valence-electron chi connectivity index (χ1n) is 4.40. The van der Waals surface area contributed by atoms with Gasteiger partial charge in [-0.25, -0.2) is 0 Å². The Labute approximate surface area is 72.3 Å². The van der Waals surface area contributed by atoms with Crippen LogP contribution in [0.25, 0.3) is 0 Å². The average Bonchev–Trinajstić information content (AvgIpc) is 2.06. The topological polar surface area (TPSA) is 61.4 Å². The van der Waals surface area contributed by atoms with Gasteiger partial charge < -0.3 is 15.7 Å². The maximum absolute atomic E-state index is 11.3. The summed E-state index contributed by atoms with van der Waals surface area (Å²) in [6.45, 7) is 3.68. The lowest BCUT2D eigenvalue weighted by Gasteiger charge is -2.30. The Morgan fingerprint density at radius 1 is 1.75 bits per heavy atom. The molecule has 0 aromatic heterocycles. The zero-order valence-electron chi connectivity index (χ0n) is 7.39. The van der Waals surface area contributed by atoms with Crippen LogP contribution in [0.3, 0.4) is 0 Å². The van der Waals surface area contributed by atoms with Crippen LogP contribution in [0.1, 0.15) is 19.8 Å². The van der Waals surface area contributed by atoms with E-state index in [0.717, 1.165) is 13.0 Å². The average molecular weight is 172 g/mol. The largest absolute Gasteiger partial charge is 0.379 e. The standard InChI is InChI=1S/C8H16N2O2/c1-2-10-7(11)8(12)4-3-5-9-6-8/h9,12H,2-6H2,1H3,(H,10,11). The smallest absolute Gasteiger partial charge is 0.253 e. The van der Waals surface area contributed by atoms with Crippen LogP contribution in [0.2, 0.25) is 0 Å². The Bertz CT molecular complexity index is 164. The van der Waals surface area contributed by atoms with Crippen molar-refractivity contribution >= 4 is 5.91 Å². The van der Waals surface area contributed by atoms with Gasteiger partial charge in [-0.1, -0.05) is 0 Å². The summed E-state index contributed by atoms with van der Waals surface area (Å²) in [5, 5.41) is 15.4. The first-order chi connectivity index (χ1) is 5.69. The Balaban J connectivity index is 2.50. The molecule has 0 spiro atoms. The molecule has 0 radical (unpaired) electrons. The normalized spacial score (nSPS) is 29.8. The molecule has 0 bridgehead atoms. The quantitative estimate of drug-likeness (QED) is 0.513. The summed E-state index contributed by atoms with van der Waals surface area (Å²) in [5.74, 6) is -0.253. The maximum Gasteiger partial charge on any atom is 0.253 e. The summed E-state index contributed by atoms with van der Waals surface area (Å²) in [5.41, 5.74) is -1.17. The first kappa shape index (κ1) is 9.48. The molecule has 1 aliphatic rings. The molecule has 4 nitrogen and oxygen atoms in total. The lowest BCUT2D eigenvalue weighted by Crippen LogP contribution is -2.55. The van der Waals surface area contributed by atoms with Crippen LogP contribution in [-0.4, -0.2) is 36.2 Å². The lowest BCUT2D eigenvalue weighted by molar-refractivity contribution is -0.141. The van der Waals surface area contributed by atoms with Gasteiger partial charge in [0.15, 0.2) is 5.60 Å². The molecular formula is C8H16N2O2. The van der Waals surface area contributed by atoms with Crippen LogP contribution in [-0.2, 0) is 4.79 Å². The first-order valence-corrected chi connectivity index (χ1v) is 4.40. The highest BCUT2D eigenvalue weighted by atomic mass is 16.3. The fraction of sp³-hybridized carbons (Fsp3) is 0.875. The van der Waals surface area contributed by atoms with Crippen molar-refractivity contribution in [3.05, 3.63) is 0 Å². The fourth-order valence-electron chi connectivity index (χ4n) is 1.41. The van der Waals surface area contributed by atoms with E-state index in [-0.39, 0.29) is 5.91 Å². The Morgan fingerprint density at radius 2 is 2.50 bits per heavy atom. The van der Waals surface area contributed by atoms with E-state index in [2.05, 4.69) is 10.6 Å². The van der Waals surface area contributed by atoms with Gasteiger partial charge in [-0.3, -0.25) is 4.79 Å². The third-order valence-electron chi connectivity index (χ3n) is 2.12. The number of piperidine rings is 1. The number of rotatable bonds is 2. The summed E-state index contributed by atoms with van der Waals surface area (Å²) in [6.07, 6.45) is 1.42. The van der Waals surface area contributed by atoms with Crippen LogP contribution < -0.4 is 10.6 Å². The second-order valence-corrected chi connectivity index (χ2v) is 3.17. The van der Waals surface area contributed by atoms with Crippen molar-refractivity contribution in [2.75, 3.05) is 19.6 Å². The zero-order valence-corrected chi connectivity index (χ0v) is 7.39. The minimum atomic E-state index is -1.17. The van der Waals surface area contributed by atoms with Crippen molar-refractivity contribution in [2.45, 2.75) is 25.4 Å². The van der Waals surface area contributed by atoms with Gasteiger partial charge in [0.05, 0.1) is 0 Å². The molecule has 1 unspecified atom stereocenters. The summed E-state index contributed by atoms with van der Waals surface area (Å²) < 4.78 is 0. The monoisotopic (exact) mass is 172 g/mol. The molecule has 0 aromatic carbocycles. The van der Waals surface area contributed by atoms with Crippen molar-refractivity contribution in [2.24, 2.45) is 0 Å². The third-order valence-corrected chi connectivity index (χ3v) is 2.12. The molecule has 1 saturated heterocycles. The van der Waals surface area contributed by atoms with E-state index in [1.54, 1.807) is 0 Å². The molecule has 1 heterocycles. The van der Waals surface area contributed by atoms with Crippen LogP contribution in [0.5, 0.6) is 0 Å². The van der Waals surface area contributed by atoms with Crippen LogP contribution in [0, 0.1) is 0 Å². The molecule has 3 N–H and O–H groups in total. The van der Waals surface area contributed by atoms with E-state index in [9.17, 15) is 9.90 Å². The van der Waals surface area contributed by atoms with Crippen molar-refractivity contribution in [3.63, 3.8) is 0 Å². The minimum Gasteiger partial charge on any atom is -0.379 e. The van der Waals surface area contributed by atoms with Gasteiger partial charge in [0.25, 0.3) is 5.91 Å². The summed E-state index contributed by atoms with van der Waals surface area (Å²) >= 11 is 0. The molecule has 4 heteroatoms. The van der Waals surface area contributed by atoms with Crippen LogP contribution >= 0.6 is 0 Å². The molecule has 0 saturated carbocycles. The van der Waals surface area contributed by atoms with Gasteiger partial charge in [-0.05, 0) is 26.3 Å². The third kappa shape index (κ3) is 1.95. The molecule has 0 aromatic rings. The molecular weight excluding hydrogens is 156 g/mol. The number of nitrogens with one attached hydrogen (secondary N) is 2. The number of hydrogen-bond acceptors (Lipinski definition) is 3. The molecule has 1 amide bonds. The molecule has 12 heavy (non-hydrogen) atoms. The van der Waals surface area contributed by atoms with E-state index >= 15 is 0 Å².